The zero-order valence-electron chi connectivity index (χ0n) is 12.0. The largest absolute Gasteiger partial charge is 0.477 e. The lowest BCUT2D eigenvalue weighted by Gasteiger charge is -2.13. The minimum atomic E-state index is -0.942. The smallest absolute Gasteiger partial charge is 0.346 e. The van der Waals surface area contributed by atoms with Gasteiger partial charge in [0.15, 0.2) is 0 Å². The lowest BCUT2D eigenvalue weighted by molar-refractivity contribution is 0.0701. The first-order chi connectivity index (χ1) is 10.6. The lowest BCUT2D eigenvalue weighted by atomic mass is 10.2. The average Bonchev–Trinajstić information content (AvgIpc) is 3.13. The molecule has 0 aliphatic carbocycles. The Labute approximate surface area is 129 Å². The number of carboxylic acid groups (broad SMARTS) is 1. The number of aromatic carboxylic acids is 1. The van der Waals surface area contributed by atoms with Crippen LogP contribution in [0.25, 0.3) is 10.2 Å². The highest BCUT2D eigenvalue weighted by atomic mass is 32.1. The van der Waals surface area contributed by atoms with E-state index < -0.39 is 5.97 Å². The molecule has 3 aromatic heterocycles. The number of aryl methyl sites for hydroxylation is 1. The zero-order valence-corrected chi connectivity index (χ0v) is 12.8. The fourth-order valence-electron chi connectivity index (χ4n) is 2.19. The van der Waals surface area contributed by atoms with Gasteiger partial charge in [-0.25, -0.2) is 24.4 Å². The van der Waals surface area contributed by atoms with Crippen molar-refractivity contribution in [3.63, 3.8) is 0 Å². The number of nitrogens with one attached hydrogen (secondary N) is 1. The molecule has 3 aromatic rings. The molecule has 0 saturated carbocycles. The fourth-order valence-corrected chi connectivity index (χ4v) is 3.18. The highest BCUT2D eigenvalue weighted by molar-refractivity contribution is 7.20. The van der Waals surface area contributed by atoms with E-state index >= 15 is 0 Å². The van der Waals surface area contributed by atoms with Gasteiger partial charge in [0.1, 0.15) is 34.5 Å². The second kappa shape index (κ2) is 5.68. The summed E-state index contributed by atoms with van der Waals surface area (Å²) in [5, 5.41) is 17.3. The quantitative estimate of drug-likeness (QED) is 0.740. The van der Waals surface area contributed by atoms with Crippen LogP contribution in [0.4, 0.5) is 5.82 Å². The first kappa shape index (κ1) is 14.4. The van der Waals surface area contributed by atoms with E-state index in [4.69, 9.17) is 0 Å². The third kappa shape index (κ3) is 2.50. The van der Waals surface area contributed by atoms with E-state index in [2.05, 4.69) is 25.4 Å². The monoisotopic (exact) mass is 318 g/mol. The maximum absolute atomic E-state index is 11.2. The van der Waals surface area contributed by atoms with Crippen LogP contribution in [-0.4, -0.2) is 42.4 Å². The van der Waals surface area contributed by atoms with Crippen molar-refractivity contribution in [3.05, 3.63) is 29.4 Å². The van der Waals surface area contributed by atoms with E-state index in [1.807, 2.05) is 6.92 Å². The van der Waals surface area contributed by atoms with Crippen molar-refractivity contribution in [2.24, 2.45) is 0 Å². The molecule has 0 fully saturated rings. The van der Waals surface area contributed by atoms with E-state index in [9.17, 15) is 9.90 Å². The molecule has 22 heavy (non-hydrogen) atoms. The molecular weight excluding hydrogens is 304 g/mol. The molecule has 0 bridgehead atoms. The molecule has 2 N–H and O–H groups in total. The van der Waals surface area contributed by atoms with Gasteiger partial charge in [-0.05, 0) is 19.4 Å². The minimum absolute atomic E-state index is 0.0883. The molecule has 0 saturated heterocycles. The number of fused-ring (bicyclic) bond motifs is 1. The fraction of sp³-hybridized carbons (Fsp3) is 0.308. The normalized spacial score (nSPS) is 12.5. The first-order valence-electron chi connectivity index (χ1n) is 6.63. The van der Waals surface area contributed by atoms with Crippen molar-refractivity contribution < 1.29 is 9.90 Å². The summed E-state index contributed by atoms with van der Waals surface area (Å²) in [6.07, 6.45) is 4.58. The van der Waals surface area contributed by atoms with Gasteiger partial charge in [0, 0.05) is 6.54 Å². The molecule has 0 aliphatic rings. The van der Waals surface area contributed by atoms with E-state index in [1.165, 1.54) is 12.7 Å². The highest BCUT2D eigenvalue weighted by Crippen LogP contribution is 2.33. The van der Waals surface area contributed by atoms with Gasteiger partial charge in [-0.1, -0.05) is 0 Å². The number of carbonyl (C=O) groups is 1. The number of rotatable bonds is 5. The molecule has 0 spiro atoms. The van der Waals surface area contributed by atoms with Crippen LogP contribution in [-0.2, 0) is 0 Å². The summed E-state index contributed by atoms with van der Waals surface area (Å²) in [4.78, 5) is 24.5. The first-order valence-corrected chi connectivity index (χ1v) is 7.45. The van der Waals surface area contributed by atoms with Crippen LogP contribution >= 0.6 is 11.3 Å². The van der Waals surface area contributed by atoms with Gasteiger partial charge < -0.3 is 10.4 Å². The summed E-state index contributed by atoms with van der Waals surface area (Å²) in [7, 11) is 0. The average molecular weight is 318 g/mol. The topological polar surface area (TPSA) is 106 Å². The van der Waals surface area contributed by atoms with E-state index in [0.717, 1.165) is 16.7 Å². The maximum atomic E-state index is 11.2. The Morgan fingerprint density at radius 2 is 2.27 bits per heavy atom. The van der Waals surface area contributed by atoms with Crippen molar-refractivity contribution >= 4 is 33.3 Å². The Hall–Kier alpha value is -2.55. The molecule has 8 nitrogen and oxygen atoms in total. The number of anilines is 1. The predicted molar refractivity (Wildman–Crippen MR) is 82.3 cm³/mol. The summed E-state index contributed by atoms with van der Waals surface area (Å²) >= 11 is 1.16. The molecule has 0 aliphatic heterocycles. The molecule has 3 heterocycles. The van der Waals surface area contributed by atoms with E-state index in [-0.39, 0.29) is 6.04 Å². The molecule has 0 aromatic carbocycles. The van der Waals surface area contributed by atoms with Gasteiger partial charge in [-0.15, -0.1) is 11.3 Å². The van der Waals surface area contributed by atoms with Crippen LogP contribution in [0.1, 0.15) is 28.2 Å². The van der Waals surface area contributed by atoms with Gasteiger partial charge in [-0.3, -0.25) is 0 Å². The number of hydrogen-bond donors (Lipinski definition) is 2. The van der Waals surface area contributed by atoms with Gasteiger partial charge in [0.05, 0.1) is 11.4 Å². The molecule has 1 atom stereocenters. The van der Waals surface area contributed by atoms with Crippen molar-refractivity contribution in [1.29, 1.82) is 0 Å². The van der Waals surface area contributed by atoms with Gasteiger partial charge in [0.2, 0.25) is 0 Å². The van der Waals surface area contributed by atoms with Crippen LogP contribution in [0.5, 0.6) is 0 Å². The van der Waals surface area contributed by atoms with Gasteiger partial charge in [-0.2, -0.15) is 5.10 Å². The second-order valence-corrected chi connectivity index (χ2v) is 5.87. The molecular formula is C13H14N6O2S. The summed E-state index contributed by atoms with van der Waals surface area (Å²) in [6.45, 7) is 4.37. The standard InChI is InChI=1S/C13H14N6O2S/c1-7(19-6-14-4-18-19)3-15-11-9-8(2)10(13(20)21)22-12(9)17-5-16-11/h4-7H,3H2,1-2H3,(H,20,21)(H,15,16,17)/t7-/m1/s1. The van der Waals surface area contributed by atoms with Gasteiger partial charge >= 0.3 is 5.97 Å². The lowest BCUT2D eigenvalue weighted by Crippen LogP contribution is -2.17. The van der Waals surface area contributed by atoms with Crippen molar-refractivity contribution in [1.82, 2.24) is 24.7 Å². The van der Waals surface area contributed by atoms with Crippen LogP contribution < -0.4 is 5.32 Å². The Kier molecular flexibility index (Phi) is 3.72. The number of thiophene rings is 1. The van der Waals surface area contributed by atoms with Crippen LogP contribution in [0.3, 0.4) is 0 Å². The molecule has 9 heteroatoms. The number of nitrogens with zero attached hydrogens (tertiary/aromatic N) is 5. The third-order valence-electron chi connectivity index (χ3n) is 3.37. The summed E-state index contributed by atoms with van der Waals surface area (Å²) in [5.74, 6) is -0.305. The molecule has 0 unspecified atom stereocenters. The van der Waals surface area contributed by atoms with Crippen LogP contribution in [0, 0.1) is 6.92 Å². The molecule has 3 rings (SSSR count). The Morgan fingerprint density at radius 3 is 2.95 bits per heavy atom. The van der Waals surface area contributed by atoms with Crippen LogP contribution in [0.2, 0.25) is 0 Å². The zero-order chi connectivity index (χ0) is 15.7. The summed E-state index contributed by atoms with van der Waals surface area (Å²) in [6, 6.07) is 0.0883. The van der Waals surface area contributed by atoms with E-state index in [1.54, 1.807) is 17.9 Å². The van der Waals surface area contributed by atoms with Crippen molar-refractivity contribution in [2.75, 3.05) is 11.9 Å². The van der Waals surface area contributed by atoms with E-state index in [0.29, 0.717) is 27.6 Å². The van der Waals surface area contributed by atoms with Crippen molar-refractivity contribution in [3.8, 4) is 0 Å². The Bertz CT molecular complexity index is 813. The summed E-state index contributed by atoms with van der Waals surface area (Å²) < 4.78 is 1.74. The predicted octanol–water partition coefficient (Wildman–Crippen LogP) is 1.96. The third-order valence-corrected chi connectivity index (χ3v) is 4.56. The molecule has 0 radical (unpaired) electrons. The van der Waals surface area contributed by atoms with Crippen LogP contribution in [0.15, 0.2) is 19.0 Å². The minimum Gasteiger partial charge on any atom is -0.477 e. The maximum Gasteiger partial charge on any atom is 0.346 e. The molecule has 0 amide bonds. The molecule has 114 valence electrons. The Balaban J connectivity index is 1.89. The Morgan fingerprint density at radius 1 is 1.45 bits per heavy atom. The van der Waals surface area contributed by atoms with Crippen molar-refractivity contribution in [2.45, 2.75) is 19.9 Å². The number of aromatic nitrogens is 5. The highest BCUT2D eigenvalue weighted by Gasteiger charge is 2.18. The SMILES string of the molecule is Cc1c(C(=O)O)sc2ncnc(NC[C@@H](C)n3cncn3)c12. The summed E-state index contributed by atoms with van der Waals surface area (Å²) in [5.41, 5.74) is 0.684. The second-order valence-electron chi connectivity index (χ2n) is 4.87. The number of carboxylic acids is 1. The number of hydrogen-bond acceptors (Lipinski definition) is 7. The van der Waals surface area contributed by atoms with Gasteiger partial charge in [0.25, 0.3) is 0 Å².